The van der Waals surface area contributed by atoms with E-state index in [4.69, 9.17) is 9.84 Å². The van der Waals surface area contributed by atoms with Crippen LogP contribution in [-0.4, -0.2) is 17.7 Å². The van der Waals surface area contributed by atoms with Crippen molar-refractivity contribution < 1.29 is 14.6 Å². The summed E-state index contributed by atoms with van der Waals surface area (Å²) in [5.41, 5.74) is 3.22. The first-order chi connectivity index (χ1) is 7.43. The highest BCUT2D eigenvalue weighted by molar-refractivity contribution is 5.86. The summed E-state index contributed by atoms with van der Waals surface area (Å²) in [7, 11) is 0. The van der Waals surface area contributed by atoms with Crippen LogP contribution in [0.3, 0.4) is 0 Å². The van der Waals surface area contributed by atoms with E-state index in [1.165, 1.54) is 0 Å². The summed E-state index contributed by atoms with van der Waals surface area (Å²) in [5, 5.41) is 8.67. The van der Waals surface area contributed by atoms with Gasteiger partial charge in [-0.2, -0.15) is 0 Å². The number of aryl methyl sites for hydroxylation is 2. The fraction of sp³-hybridized carbons (Fsp3) is 0.308. The SMILES string of the molecule is C=C(COc1c(C)ccc(C)c1C)C(=O)O. The molecule has 1 rings (SSSR count). The summed E-state index contributed by atoms with van der Waals surface area (Å²) in [6.45, 7) is 9.33. The molecule has 0 aromatic heterocycles. The first kappa shape index (κ1) is 12.3. The van der Waals surface area contributed by atoms with Gasteiger partial charge in [0.1, 0.15) is 12.4 Å². The topological polar surface area (TPSA) is 46.5 Å². The third-order valence-corrected chi connectivity index (χ3v) is 2.57. The molecule has 0 aliphatic heterocycles. The van der Waals surface area contributed by atoms with Gasteiger partial charge in [0.2, 0.25) is 0 Å². The van der Waals surface area contributed by atoms with Crippen molar-refractivity contribution in [2.75, 3.05) is 6.61 Å². The number of hydrogen-bond acceptors (Lipinski definition) is 2. The van der Waals surface area contributed by atoms with Crippen molar-refractivity contribution in [2.24, 2.45) is 0 Å². The molecule has 0 saturated heterocycles. The minimum Gasteiger partial charge on any atom is -0.488 e. The van der Waals surface area contributed by atoms with Crippen molar-refractivity contribution in [3.05, 3.63) is 41.0 Å². The molecule has 0 spiro atoms. The lowest BCUT2D eigenvalue weighted by Crippen LogP contribution is -2.10. The molecular formula is C13H16O3. The van der Waals surface area contributed by atoms with Crippen molar-refractivity contribution in [1.82, 2.24) is 0 Å². The van der Waals surface area contributed by atoms with Crippen LogP contribution in [0.15, 0.2) is 24.3 Å². The zero-order valence-corrected chi connectivity index (χ0v) is 9.83. The summed E-state index contributed by atoms with van der Waals surface area (Å²) >= 11 is 0. The van der Waals surface area contributed by atoms with Gasteiger partial charge >= 0.3 is 5.97 Å². The number of ether oxygens (including phenoxy) is 1. The number of carboxylic acids is 1. The largest absolute Gasteiger partial charge is 0.488 e. The van der Waals surface area contributed by atoms with E-state index < -0.39 is 5.97 Å². The minimum absolute atomic E-state index is 0.0144. The summed E-state index contributed by atoms with van der Waals surface area (Å²) in [5.74, 6) is -0.273. The van der Waals surface area contributed by atoms with Crippen LogP contribution in [0.1, 0.15) is 16.7 Å². The molecular weight excluding hydrogens is 204 g/mol. The van der Waals surface area contributed by atoms with E-state index in [2.05, 4.69) is 6.58 Å². The highest BCUT2D eigenvalue weighted by atomic mass is 16.5. The van der Waals surface area contributed by atoms with Crippen molar-refractivity contribution >= 4 is 5.97 Å². The van der Waals surface area contributed by atoms with Crippen LogP contribution in [0.2, 0.25) is 0 Å². The van der Waals surface area contributed by atoms with Crippen LogP contribution >= 0.6 is 0 Å². The summed E-state index contributed by atoms with van der Waals surface area (Å²) in [6.07, 6.45) is 0. The zero-order valence-electron chi connectivity index (χ0n) is 9.83. The van der Waals surface area contributed by atoms with Crippen LogP contribution in [0.25, 0.3) is 0 Å². The maximum Gasteiger partial charge on any atom is 0.334 e. The number of rotatable bonds is 4. The van der Waals surface area contributed by atoms with E-state index in [1.54, 1.807) is 0 Å². The van der Waals surface area contributed by atoms with Crippen LogP contribution in [-0.2, 0) is 4.79 Å². The van der Waals surface area contributed by atoms with E-state index in [-0.39, 0.29) is 12.2 Å². The molecule has 0 bridgehead atoms. The van der Waals surface area contributed by atoms with Gasteiger partial charge in [-0.3, -0.25) is 0 Å². The number of hydrogen-bond donors (Lipinski definition) is 1. The quantitative estimate of drug-likeness (QED) is 0.793. The Morgan fingerprint density at radius 2 is 1.88 bits per heavy atom. The third kappa shape index (κ3) is 2.63. The normalized spacial score (nSPS) is 9.94. The third-order valence-electron chi connectivity index (χ3n) is 2.57. The van der Waals surface area contributed by atoms with Crippen LogP contribution in [0.5, 0.6) is 5.75 Å². The second-order valence-electron chi connectivity index (χ2n) is 3.85. The molecule has 0 fully saturated rings. The first-order valence-electron chi connectivity index (χ1n) is 5.04. The minimum atomic E-state index is -1.03. The lowest BCUT2D eigenvalue weighted by molar-refractivity contribution is -0.133. The Kier molecular flexibility index (Phi) is 3.72. The molecule has 1 N–H and O–H groups in total. The molecule has 0 radical (unpaired) electrons. The Balaban J connectivity index is 2.85. The lowest BCUT2D eigenvalue weighted by Gasteiger charge is -2.13. The number of carboxylic acid groups (broad SMARTS) is 1. The van der Waals surface area contributed by atoms with Crippen molar-refractivity contribution in [3.63, 3.8) is 0 Å². The molecule has 0 unspecified atom stereocenters. The van der Waals surface area contributed by atoms with Gasteiger partial charge in [-0.15, -0.1) is 0 Å². The van der Waals surface area contributed by atoms with Crippen molar-refractivity contribution in [3.8, 4) is 5.75 Å². The molecule has 16 heavy (non-hydrogen) atoms. The van der Waals surface area contributed by atoms with E-state index in [9.17, 15) is 4.79 Å². The fourth-order valence-electron chi connectivity index (χ4n) is 1.37. The van der Waals surface area contributed by atoms with E-state index in [0.717, 1.165) is 22.4 Å². The molecule has 0 saturated carbocycles. The summed E-state index contributed by atoms with van der Waals surface area (Å²) < 4.78 is 5.49. The van der Waals surface area contributed by atoms with Crippen LogP contribution in [0.4, 0.5) is 0 Å². The molecule has 0 amide bonds. The Labute approximate surface area is 95.4 Å². The maximum absolute atomic E-state index is 10.6. The Bertz CT molecular complexity index is 433. The molecule has 0 aliphatic rings. The average molecular weight is 220 g/mol. The lowest BCUT2D eigenvalue weighted by atomic mass is 10.1. The van der Waals surface area contributed by atoms with Gasteiger partial charge in [-0.1, -0.05) is 18.7 Å². The molecule has 3 heteroatoms. The zero-order chi connectivity index (χ0) is 12.3. The van der Waals surface area contributed by atoms with Gasteiger partial charge < -0.3 is 9.84 Å². The molecule has 0 aliphatic carbocycles. The van der Waals surface area contributed by atoms with Gasteiger partial charge in [0.15, 0.2) is 0 Å². The van der Waals surface area contributed by atoms with Crippen LogP contribution < -0.4 is 4.74 Å². The van der Waals surface area contributed by atoms with E-state index >= 15 is 0 Å². The molecule has 86 valence electrons. The van der Waals surface area contributed by atoms with Crippen LogP contribution in [0, 0.1) is 20.8 Å². The predicted molar refractivity (Wildman–Crippen MR) is 62.9 cm³/mol. The van der Waals surface area contributed by atoms with Gasteiger partial charge in [0.05, 0.1) is 5.57 Å². The Morgan fingerprint density at radius 3 is 2.44 bits per heavy atom. The van der Waals surface area contributed by atoms with Gasteiger partial charge in [0, 0.05) is 0 Å². The Hall–Kier alpha value is -1.77. The molecule has 1 aromatic rings. The highest BCUT2D eigenvalue weighted by Crippen LogP contribution is 2.25. The molecule has 0 heterocycles. The standard InChI is InChI=1S/C13H16O3/c1-8-5-6-9(2)12(11(8)4)16-7-10(3)13(14)15/h5-6H,3,7H2,1-2,4H3,(H,14,15). The second-order valence-corrected chi connectivity index (χ2v) is 3.85. The molecule has 0 atom stereocenters. The predicted octanol–water partition coefficient (Wildman–Crippen LogP) is 2.63. The number of carbonyl (C=O) groups is 1. The second kappa shape index (κ2) is 4.84. The highest BCUT2D eigenvalue weighted by Gasteiger charge is 2.09. The van der Waals surface area contributed by atoms with Crippen molar-refractivity contribution in [1.29, 1.82) is 0 Å². The molecule has 1 aromatic carbocycles. The Morgan fingerprint density at radius 1 is 1.31 bits per heavy atom. The van der Waals surface area contributed by atoms with Gasteiger partial charge in [-0.05, 0) is 37.5 Å². The van der Waals surface area contributed by atoms with Gasteiger partial charge in [0.25, 0.3) is 0 Å². The summed E-state index contributed by atoms with van der Waals surface area (Å²) in [4.78, 5) is 10.6. The smallest absolute Gasteiger partial charge is 0.334 e. The number of aliphatic carboxylic acids is 1. The summed E-state index contributed by atoms with van der Waals surface area (Å²) in [6, 6.07) is 3.98. The van der Waals surface area contributed by atoms with E-state index in [0.29, 0.717) is 0 Å². The average Bonchev–Trinajstić information content (AvgIpc) is 2.23. The van der Waals surface area contributed by atoms with E-state index in [1.807, 2.05) is 32.9 Å². The van der Waals surface area contributed by atoms with Gasteiger partial charge in [-0.25, -0.2) is 4.79 Å². The fourth-order valence-corrected chi connectivity index (χ4v) is 1.37. The maximum atomic E-state index is 10.6. The van der Waals surface area contributed by atoms with Crippen molar-refractivity contribution in [2.45, 2.75) is 20.8 Å². The first-order valence-corrected chi connectivity index (χ1v) is 5.04. The number of benzene rings is 1. The monoisotopic (exact) mass is 220 g/mol. The molecule has 3 nitrogen and oxygen atoms in total.